The van der Waals surface area contributed by atoms with Crippen molar-refractivity contribution in [3.8, 4) is 11.5 Å². The molecule has 0 spiro atoms. The number of likely N-dealkylation sites (N-methyl/N-ethyl adjacent to an activating group) is 1. The van der Waals surface area contributed by atoms with Crippen molar-refractivity contribution in [1.29, 1.82) is 0 Å². The van der Waals surface area contributed by atoms with Crippen molar-refractivity contribution in [2.45, 2.75) is 26.6 Å². The summed E-state index contributed by atoms with van der Waals surface area (Å²) < 4.78 is 10.7. The SMILES string of the molecule is CCN1CCN(Cc2ccc(CNC(=NC)NCc3ccc(OC)cc3OC)cc2)CC1. The van der Waals surface area contributed by atoms with E-state index in [1.165, 1.54) is 24.2 Å². The Morgan fingerprint density at radius 1 is 0.875 bits per heavy atom. The Hall–Kier alpha value is -2.77. The smallest absolute Gasteiger partial charge is 0.191 e. The number of ether oxygens (including phenoxy) is 2. The van der Waals surface area contributed by atoms with Gasteiger partial charge in [0, 0.05) is 64.5 Å². The average Bonchev–Trinajstić information content (AvgIpc) is 2.85. The Morgan fingerprint density at radius 2 is 1.53 bits per heavy atom. The lowest BCUT2D eigenvalue weighted by Gasteiger charge is -2.34. The lowest BCUT2D eigenvalue weighted by Crippen LogP contribution is -2.45. The van der Waals surface area contributed by atoms with Gasteiger partial charge in [-0.15, -0.1) is 0 Å². The van der Waals surface area contributed by atoms with Crippen molar-refractivity contribution in [3.63, 3.8) is 0 Å². The van der Waals surface area contributed by atoms with Gasteiger partial charge in [-0.3, -0.25) is 9.89 Å². The fourth-order valence-corrected chi connectivity index (χ4v) is 3.87. The number of aliphatic imine (C=N–C) groups is 1. The van der Waals surface area contributed by atoms with Gasteiger partial charge >= 0.3 is 0 Å². The Morgan fingerprint density at radius 3 is 2.16 bits per heavy atom. The maximum atomic E-state index is 5.47. The van der Waals surface area contributed by atoms with Crippen molar-refractivity contribution >= 4 is 5.96 Å². The molecule has 0 saturated carbocycles. The van der Waals surface area contributed by atoms with Crippen LogP contribution in [0.1, 0.15) is 23.6 Å². The number of benzene rings is 2. The third kappa shape index (κ3) is 6.87. The van der Waals surface area contributed by atoms with E-state index in [1.807, 2.05) is 18.2 Å². The number of piperazine rings is 1. The highest BCUT2D eigenvalue weighted by atomic mass is 16.5. The van der Waals surface area contributed by atoms with Crippen LogP contribution in [-0.2, 0) is 19.6 Å². The fourth-order valence-electron chi connectivity index (χ4n) is 3.87. The first kappa shape index (κ1) is 23.9. The van der Waals surface area contributed by atoms with E-state index in [2.05, 4.69) is 56.6 Å². The number of methoxy groups -OCH3 is 2. The molecular weight excluding hydrogens is 402 g/mol. The molecule has 0 atom stereocenters. The molecule has 0 aromatic heterocycles. The molecule has 1 saturated heterocycles. The Labute approximate surface area is 192 Å². The molecule has 2 N–H and O–H groups in total. The number of guanidine groups is 1. The normalized spacial score (nSPS) is 15.4. The second-order valence-electron chi connectivity index (χ2n) is 7.98. The van der Waals surface area contributed by atoms with Gasteiger partial charge in [-0.05, 0) is 29.8 Å². The monoisotopic (exact) mass is 439 g/mol. The van der Waals surface area contributed by atoms with Gasteiger partial charge in [0.2, 0.25) is 0 Å². The minimum atomic E-state index is 0.608. The summed E-state index contributed by atoms with van der Waals surface area (Å²) in [5.41, 5.74) is 3.64. The molecule has 1 aliphatic heterocycles. The summed E-state index contributed by atoms with van der Waals surface area (Å²) in [5.74, 6) is 2.32. The van der Waals surface area contributed by atoms with Crippen LogP contribution >= 0.6 is 0 Å². The summed E-state index contributed by atoms with van der Waals surface area (Å²) in [6, 6.07) is 14.7. The van der Waals surface area contributed by atoms with E-state index in [0.29, 0.717) is 6.54 Å². The molecule has 1 aliphatic rings. The first-order valence-electron chi connectivity index (χ1n) is 11.3. The summed E-state index contributed by atoms with van der Waals surface area (Å²) in [6.07, 6.45) is 0. The van der Waals surface area contributed by atoms with E-state index in [-0.39, 0.29) is 0 Å². The lowest BCUT2D eigenvalue weighted by molar-refractivity contribution is 0.132. The zero-order chi connectivity index (χ0) is 22.8. The highest BCUT2D eigenvalue weighted by molar-refractivity contribution is 5.79. The lowest BCUT2D eigenvalue weighted by atomic mass is 10.1. The second-order valence-corrected chi connectivity index (χ2v) is 7.98. The van der Waals surface area contributed by atoms with Crippen LogP contribution < -0.4 is 20.1 Å². The fraction of sp³-hybridized carbons (Fsp3) is 0.480. The number of rotatable bonds is 9. The summed E-state index contributed by atoms with van der Waals surface area (Å²) in [5, 5.41) is 6.74. The van der Waals surface area contributed by atoms with E-state index < -0.39 is 0 Å². The molecule has 174 valence electrons. The topological polar surface area (TPSA) is 61.4 Å². The number of hydrogen-bond acceptors (Lipinski definition) is 5. The summed E-state index contributed by atoms with van der Waals surface area (Å²) in [6.45, 7) is 10.4. The molecule has 7 heteroatoms. The molecule has 32 heavy (non-hydrogen) atoms. The number of nitrogens with zero attached hydrogens (tertiary/aromatic N) is 3. The quantitative estimate of drug-likeness (QED) is 0.463. The highest BCUT2D eigenvalue weighted by Crippen LogP contribution is 2.24. The Kier molecular flexibility index (Phi) is 9.19. The van der Waals surface area contributed by atoms with Crippen LogP contribution in [0.3, 0.4) is 0 Å². The van der Waals surface area contributed by atoms with Crippen LogP contribution in [-0.4, -0.2) is 69.8 Å². The van der Waals surface area contributed by atoms with Crippen molar-refractivity contribution in [3.05, 3.63) is 59.2 Å². The van der Waals surface area contributed by atoms with E-state index in [0.717, 1.165) is 55.7 Å². The van der Waals surface area contributed by atoms with Gasteiger partial charge in [0.25, 0.3) is 0 Å². The second kappa shape index (κ2) is 12.3. The van der Waals surface area contributed by atoms with Crippen molar-refractivity contribution < 1.29 is 9.47 Å². The third-order valence-corrected chi connectivity index (χ3v) is 5.97. The maximum Gasteiger partial charge on any atom is 0.191 e. The van der Waals surface area contributed by atoms with Gasteiger partial charge in [0.15, 0.2) is 5.96 Å². The molecule has 0 bridgehead atoms. The zero-order valence-electron chi connectivity index (χ0n) is 19.9. The minimum absolute atomic E-state index is 0.608. The molecule has 0 amide bonds. The van der Waals surface area contributed by atoms with E-state index in [1.54, 1.807) is 21.3 Å². The first-order chi connectivity index (χ1) is 15.6. The van der Waals surface area contributed by atoms with Crippen LogP contribution in [0.15, 0.2) is 47.5 Å². The van der Waals surface area contributed by atoms with Crippen LogP contribution in [0.25, 0.3) is 0 Å². The standard InChI is InChI=1S/C25H37N5O2/c1-5-29-12-14-30(15-13-29)19-21-8-6-20(7-9-21)17-27-25(26-2)28-18-22-10-11-23(31-3)16-24(22)32-4/h6-11,16H,5,12-15,17-19H2,1-4H3,(H2,26,27,28). The van der Waals surface area contributed by atoms with E-state index in [9.17, 15) is 0 Å². The molecule has 3 rings (SSSR count). The van der Waals surface area contributed by atoms with Crippen LogP contribution in [0, 0.1) is 0 Å². The predicted octanol–water partition coefficient (Wildman–Crippen LogP) is 2.71. The predicted molar refractivity (Wildman–Crippen MR) is 130 cm³/mol. The molecule has 2 aromatic carbocycles. The average molecular weight is 440 g/mol. The molecule has 2 aromatic rings. The highest BCUT2D eigenvalue weighted by Gasteiger charge is 2.15. The molecule has 0 aliphatic carbocycles. The molecule has 0 radical (unpaired) electrons. The van der Waals surface area contributed by atoms with Crippen LogP contribution in [0.5, 0.6) is 11.5 Å². The Balaban J connectivity index is 1.46. The number of nitrogens with one attached hydrogen (secondary N) is 2. The third-order valence-electron chi connectivity index (χ3n) is 5.97. The van der Waals surface area contributed by atoms with Crippen molar-refractivity contribution in [1.82, 2.24) is 20.4 Å². The van der Waals surface area contributed by atoms with Gasteiger partial charge in [-0.25, -0.2) is 0 Å². The van der Waals surface area contributed by atoms with Gasteiger partial charge in [-0.1, -0.05) is 31.2 Å². The molecular formula is C25H37N5O2. The van der Waals surface area contributed by atoms with Crippen molar-refractivity contribution in [2.75, 3.05) is 54.0 Å². The largest absolute Gasteiger partial charge is 0.497 e. The van der Waals surface area contributed by atoms with Gasteiger partial charge < -0.3 is 25.0 Å². The summed E-state index contributed by atoms with van der Waals surface area (Å²) in [4.78, 5) is 9.38. The first-order valence-corrected chi connectivity index (χ1v) is 11.3. The van der Waals surface area contributed by atoms with Gasteiger partial charge in [0.1, 0.15) is 11.5 Å². The maximum absolute atomic E-state index is 5.47. The van der Waals surface area contributed by atoms with E-state index >= 15 is 0 Å². The van der Waals surface area contributed by atoms with Gasteiger partial charge in [0.05, 0.1) is 14.2 Å². The van der Waals surface area contributed by atoms with E-state index in [4.69, 9.17) is 9.47 Å². The molecule has 1 fully saturated rings. The zero-order valence-corrected chi connectivity index (χ0v) is 19.9. The number of hydrogen-bond donors (Lipinski definition) is 2. The van der Waals surface area contributed by atoms with Crippen LogP contribution in [0.2, 0.25) is 0 Å². The minimum Gasteiger partial charge on any atom is -0.497 e. The molecule has 7 nitrogen and oxygen atoms in total. The molecule has 0 unspecified atom stereocenters. The molecule has 1 heterocycles. The Bertz CT molecular complexity index is 861. The summed E-state index contributed by atoms with van der Waals surface area (Å²) in [7, 11) is 5.10. The van der Waals surface area contributed by atoms with Gasteiger partial charge in [-0.2, -0.15) is 0 Å². The van der Waals surface area contributed by atoms with Crippen LogP contribution in [0.4, 0.5) is 0 Å². The van der Waals surface area contributed by atoms with Crippen molar-refractivity contribution in [2.24, 2.45) is 4.99 Å². The summed E-state index contributed by atoms with van der Waals surface area (Å²) >= 11 is 0.